The third-order valence-corrected chi connectivity index (χ3v) is 4.62. The van der Waals surface area contributed by atoms with Crippen LogP contribution in [0.5, 0.6) is 0 Å². The highest BCUT2D eigenvalue weighted by Crippen LogP contribution is 2.36. The Morgan fingerprint density at radius 1 is 1.00 bits per heavy atom. The quantitative estimate of drug-likeness (QED) is 0.725. The van der Waals surface area contributed by atoms with Crippen LogP contribution < -0.4 is 5.46 Å². The molecule has 0 spiro atoms. The summed E-state index contributed by atoms with van der Waals surface area (Å²) in [6.45, 7) is 11.9. The van der Waals surface area contributed by atoms with Gasteiger partial charge in [0.05, 0.1) is 24.4 Å². The molecule has 1 saturated heterocycles. The first-order valence-electron chi connectivity index (χ1n) is 6.86. The van der Waals surface area contributed by atoms with E-state index in [-0.39, 0.29) is 18.3 Å². The summed E-state index contributed by atoms with van der Waals surface area (Å²) < 4.78 is 17.7. The molecule has 0 N–H and O–H groups in total. The summed E-state index contributed by atoms with van der Waals surface area (Å²) in [5, 5.41) is 0. The van der Waals surface area contributed by atoms with E-state index >= 15 is 0 Å². The molecule has 4 heteroatoms. The van der Waals surface area contributed by atoms with Crippen LogP contribution in [-0.4, -0.2) is 18.3 Å². The van der Waals surface area contributed by atoms with Crippen LogP contribution in [-0.2, 0) is 27.3 Å². The number of benzene rings is 1. The first-order chi connectivity index (χ1) is 8.80. The number of fused-ring (bicyclic) bond motifs is 1. The Balaban J connectivity index is 1.95. The maximum Gasteiger partial charge on any atom is 0.494 e. The molecule has 0 amide bonds. The van der Waals surface area contributed by atoms with Crippen LogP contribution in [0.25, 0.3) is 0 Å². The summed E-state index contributed by atoms with van der Waals surface area (Å²) in [6, 6.07) is 4.33. The molecule has 0 saturated carbocycles. The van der Waals surface area contributed by atoms with E-state index < -0.39 is 0 Å². The zero-order valence-corrected chi connectivity index (χ0v) is 12.4. The fraction of sp³-hybridized carbons (Fsp3) is 0.600. The standard InChI is InChI=1S/C15H21BO3/c1-10-6-12(7-11-8-17-9-13(10)11)16-18-14(2,3)15(4,5)19-16/h6-7H,8-9H2,1-5H3. The average Bonchev–Trinajstić information content (AvgIpc) is 2.82. The van der Waals surface area contributed by atoms with Crippen molar-refractivity contribution in [2.45, 2.75) is 59.0 Å². The maximum atomic E-state index is 6.10. The van der Waals surface area contributed by atoms with Crippen molar-refractivity contribution in [3.05, 3.63) is 28.8 Å². The van der Waals surface area contributed by atoms with E-state index in [0.29, 0.717) is 6.61 Å². The molecule has 3 rings (SSSR count). The molecule has 2 heterocycles. The van der Waals surface area contributed by atoms with Crippen LogP contribution in [0.4, 0.5) is 0 Å². The molecule has 102 valence electrons. The largest absolute Gasteiger partial charge is 0.494 e. The monoisotopic (exact) mass is 260 g/mol. The topological polar surface area (TPSA) is 27.7 Å². The van der Waals surface area contributed by atoms with Crippen molar-refractivity contribution in [1.82, 2.24) is 0 Å². The van der Waals surface area contributed by atoms with Gasteiger partial charge in [0.1, 0.15) is 0 Å². The van der Waals surface area contributed by atoms with E-state index in [1.54, 1.807) is 0 Å². The van der Waals surface area contributed by atoms with Crippen molar-refractivity contribution < 1.29 is 14.0 Å². The second-order valence-corrected chi connectivity index (χ2v) is 6.56. The Kier molecular flexibility index (Phi) is 2.82. The predicted molar refractivity (Wildman–Crippen MR) is 75.4 cm³/mol. The number of rotatable bonds is 1. The molecule has 0 bridgehead atoms. The fourth-order valence-electron chi connectivity index (χ4n) is 2.63. The minimum Gasteiger partial charge on any atom is -0.399 e. The smallest absolute Gasteiger partial charge is 0.399 e. The zero-order chi connectivity index (χ0) is 13.8. The van der Waals surface area contributed by atoms with Crippen molar-refractivity contribution in [2.75, 3.05) is 0 Å². The van der Waals surface area contributed by atoms with Gasteiger partial charge in [-0.05, 0) is 56.8 Å². The van der Waals surface area contributed by atoms with Crippen molar-refractivity contribution >= 4 is 12.6 Å². The van der Waals surface area contributed by atoms with E-state index in [9.17, 15) is 0 Å². The van der Waals surface area contributed by atoms with Crippen molar-refractivity contribution in [3.8, 4) is 0 Å². The Bertz CT molecular complexity index is 506. The van der Waals surface area contributed by atoms with Crippen LogP contribution in [0.1, 0.15) is 44.4 Å². The SMILES string of the molecule is Cc1cc(B2OC(C)(C)C(C)(C)O2)cc2c1COC2. The Morgan fingerprint density at radius 3 is 2.26 bits per heavy atom. The Morgan fingerprint density at radius 2 is 1.63 bits per heavy atom. The molecule has 3 nitrogen and oxygen atoms in total. The first-order valence-corrected chi connectivity index (χ1v) is 6.86. The maximum absolute atomic E-state index is 6.10. The van der Waals surface area contributed by atoms with E-state index in [2.05, 4.69) is 46.8 Å². The van der Waals surface area contributed by atoms with Gasteiger partial charge in [-0.2, -0.15) is 0 Å². The summed E-state index contributed by atoms with van der Waals surface area (Å²) in [4.78, 5) is 0. The summed E-state index contributed by atoms with van der Waals surface area (Å²) >= 11 is 0. The molecule has 0 atom stereocenters. The molecule has 1 aromatic rings. The lowest BCUT2D eigenvalue weighted by Crippen LogP contribution is -2.41. The molecular formula is C15H21BO3. The van der Waals surface area contributed by atoms with E-state index in [1.165, 1.54) is 16.7 Å². The molecule has 2 aliphatic heterocycles. The molecule has 0 radical (unpaired) electrons. The number of hydrogen-bond acceptors (Lipinski definition) is 3. The molecule has 0 unspecified atom stereocenters. The first kappa shape index (κ1) is 13.2. The van der Waals surface area contributed by atoms with Gasteiger partial charge in [-0.3, -0.25) is 0 Å². The molecule has 1 fully saturated rings. The Hall–Kier alpha value is -0.835. The third-order valence-electron chi connectivity index (χ3n) is 4.62. The molecular weight excluding hydrogens is 239 g/mol. The van der Waals surface area contributed by atoms with Crippen molar-refractivity contribution in [3.63, 3.8) is 0 Å². The van der Waals surface area contributed by atoms with Gasteiger partial charge in [-0.1, -0.05) is 12.1 Å². The molecule has 19 heavy (non-hydrogen) atoms. The van der Waals surface area contributed by atoms with Gasteiger partial charge in [0.2, 0.25) is 0 Å². The van der Waals surface area contributed by atoms with Crippen LogP contribution >= 0.6 is 0 Å². The minimum atomic E-state index is -0.291. The summed E-state index contributed by atoms with van der Waals surface area (Å²) in [5.41, 5.74) is 4.37. The fourth-order valence-corrected chi connectivity index (χ4v) is 2.63. The second-order valence-electron chi connectivity index (χ2n) is 6.56. The van der Waals surface area contributed by atoms with Crippen LogP contribution in [0.3, 0.4) is 0 Å². The number of ether oxygens (including phenoxy) is 1. The highest BCUT2D eigenvalue weighted by molar-refractivity contribution is 6.62. The average molecular weight is 260 g/mol. The van der Waals surface area contributed by atoms with Gasteiger partial charge in [0.25, 0.3) is 0 Å². The highest BCUT2D eigenvalue weighted by Gasteiger charge is 2.51. The van der Waals surface area contributed by atoms with Gasteiger partial charge >= 0.3 is 7.12 Å². The molecule has 0 aromatic heterocycles. The van der Waals surface area contributed by atoms with Gasteiger partial charge in [0.15, 0.2) is 0 Å². The van der Waals surface area contributed by atoms with E-state index in [4.69, 9.17) is 14.0 Å². The van der Waals surface area contributed by atoms with Gasteiger partial charge in [0, 0.05) is 0 Å². The van der Waals surface area contributed by atoms with Gasteiger partial charge in [-0.25, -0.2) is 0 Å². The summed E-state index contributed by atoms with van der Waals surface area (Å²) in [5.74, 6) is 0. The second kappa shape index (κ2) is 4.08. The lowest BCUT2D eigenvalue weighted by molar-refractivity contribution is 0.00578. The zero-order valence-electron chi connectivity index (χ0n) is 12.4. The van der Waals surface area contributed by atoms with Gasteiger partial charge < -0.3 is 14.0 Å². The lowest BCUT2D eigenvalue weighted by atomic mass is 9.77. The van der Waals surface area contributed by atoms with Crippen molar-refractivity contribution in [2.24, 2.45) is 0 Å². The summed E-state index contributed by atoms with van der Waals surface area (Å²) in [6.07, 6.45) is 0. The third kappa shape index (κ3) is 2.02. The number of aryl methyl sites for hydroxylation is 1. The van der Waals surface area contributed by atoms with Crippen molar-refractivity contribution in [1.29, 1.82) is 0 Å². The molecule has 2 aliphatic rings. The molecule has 1 aromatic carbocycles. The van der Waals surface area contributed by atoms with Crippen LogP contribution in [0, 0.1) is 6.92 Å². The van der Waals surface area contributed by atoms with Gasteiger partial charge in [-0.15, -0.1) is 0 Å². The lowest BCUT2D eigenvalue weighted by Gasteiger charge is -2.32. The van der Waals surface area contributed by atoms with Crippen LogP contribution in [0.2, 0.25) is 0 Å². The highest BCUT2D eigenvalue weighted by atomic mass is 16.7. The predicted octanol–water partition coefficient (Wildman–Crippen LogP) is 2.32. The van der Waals surface area contributed by atoms with E-state index in [1.807, 2.05) is 0 Å². The Labute approximate surface area is 115 Å². The number of hydrogen-bond donors (Lipinski definition) is 0. The normalized spacial score (nSPS) is 23.7. The minimum absolute atomic E-state index is 0.283. The van der Waals surface area contributed by atoms with Crippen LogP contribution in [0.15, 0.2) is 12.1 Å². The van der Waals surface area contributed by atoms with E-state index in [0.717, 1.165) is 12.1 Å². The summed E-state index contributed by atoms with van der Waals surface area (Å²) in [7, 11) is -0.283. The molecule has 0 aliphatic carbocycles.